The quantitative estimate of drug-likeness (QED) is 0.438. The van der Waals surface area contributed by atoms with E-state index in [1.54, 1.807) is 0 Å². The smallest absolute Gasteiger partial charge is 0.318 e. The van der Waals surface area contributed by atoms with Crippen LogP contribution in [0.3, 0.4) is 0 Å². The Morgan fingerprint density at radius 1 is 1.50 bits per heavy atom. The largest absolute Gasteiger partial charge is 0.468 e. The Kier molecular flexibility index (Phi) is 4.61. The zero-order valence-electron chi connectivity index (χ0n) is 12.1. The summed E-state index contributed by atoms with van der Waals surface area (Å²) in [5.74, 6) is 0.486. The van der Waals surface area contributed by atoms with Crippen molar-refractivity contribution in [2.24, 2.45) is 17.8 Å². The fourth-order valence-corrected chi connectivity index (χ4v) is 2.50. The number of nitrogens with one attached hydrogen (secondary N) is 2. The number of hydrogen-bond acceptors (Lipinski definition) is 4. The summed E-state index contributed by atoms with van der Waals surface area (Å²) in [5.41, 5.74) is 0.229. The molecule has 1 aliphatic heterocycles. The molecule has 0 bridgehead atoms. The molecule has 3 atom stereocenters. The van der Waals surface area contributed by atoms with Gasteiger partial charge in [-0.3, -0.25) is 14.4 Å². The number of esters is 1. The van der Waals surface area contributed by atoms with Gasteiger partial charge in [0, 0.05) is 25.5 Å². The molecule has 6 nitrogen and oxygen atoms in total. The highest BCUT2D eigenvalue weighted by atomic mass is 19.1. The third kappa shape index (κ3) is 3.17. The SMILES string of the molecule is COC(=O)[C@@H]1C(=O)NCC1C1C#CC=C(NC(C)=O)C=C1F. The van der Waals surface area contributed by atoms with Gasteiger partial charge in [-0.25, -0.2) is 4.39 Å². The minimum absolute atomic E-state index is 0.134. The molecule has 7 heteroatoms. The molecule has 2 N–H and O–H groups in total. The molecule has 2 rings (SSSR count). The standard InChI is InChI=1S/C15H15FN2O4/c1-8(19)18-9-4-3-5-10(12(16)6-9)11-7-17-14(20)13(11)15(21)22-2/h4,6,10-11,13H,7H2,1-2H3,(H,17,20)(H,18,19)/t10?,11?,13-/m0/s1. The van der Waals surface area contributed by atoms with Crippen LogP contribution in [0.15, 0.2) is 23.7 Å². The second-order valence-electron chi connectivity index (χ2n) is 4.99. The van der Waals surface area contributed by atoms with Crippen LogP contribution in [-0.2, 0) is 19.1 Å². The van der Waals surface area contributed by atoms with Crippen molar-refractivity contribution in [1.82, 2.24) is 10.6 Å². The molecule has 22 heavy (non-hydrogen) atoms. The maximum absolute atomic E-state index is 14.4. The van der Waals surface area contributed by atoms with Crippen molar-refractivity contribution in [2.45, 2.75) is 6.92 Å². The summed E-state index contributed by atoms with van der Waals surface area (Å²) < 4.78 is 19.0. The zero-order chi connectivity index (χ0) is 16.3. The van der Waals surface area contributed by atoms with Gasteiger partial charge in [0.25, 0.3) is 0 Å². The Morgan fingerprint density at radius 2 is 2.23 bits per heavy atom. The monoisotopic (exact) mass is 306 g/mol. The van der Waals surface area contributed by atoms with Crippen LogP contribution in [0, 0.1) is 29.6 Å². The predicted molar refractivity (Wildman–Crippen MR) is 74.4 cm³/mol. The molecule has 1 heterocycles. The molecule has 0 aromatic heterocycles. The van der Waals surface area contributed by atoms with Gasteiger partial charge >= 0.3 is 5.97 Å². The van der Waals surface area contributed by atoms with Gasteiger partial charge in [0.05, 0.1) is 18.7 Å². The van der Waals surface area contributed by atoms with Crippen molar-refractivity contribution in [3.05, 3.63) is 23.7 Å². The molecule has 0 radical (unpaired) electrons. The Bertz CT molecular complexity index is 642. The first kappa shape index (κ1) is 15.8. The van der Waals surface area contributed by atoms with Gasteiger partial charge in [-0.15, -0.1) is 0 Å². The average molecular weight is 306 g/mol. The third-order valence-electron chi connectivity index (χ3n) is 3.48. The Balaban J connectivity index is 2.26. The van der Waals surface area contributed by atoms with Crippen molar-refractivity contribution < 1.29 is 23.5 Å². The van der Waals surface area contributed by atoms with Crippen molar-refractivity contribution >= 4 is 17.8 Å². The molecule has 116 valence electrons. The number of hydrogen-bond donors (Lipinski definition) is 2. The van der Waals surface area contributed by atoms with Crippen molar-refractivity contribution in [3.8, 4) is 11.8 Å². The lowest BCUT2D eigenvalue weighted by molar-refractivity contribution is -0.150. The van der Waals surface area contributed by atoms with E-state index >= 15 is 0 Å². The van der Waals surface area contributed by atoms with Crippen LogP contribution in [0.4, 0.5) is 4.39 Å². The molecular weight excluding hydrogens is 291 g/mol. The van der Waals surface area contributed by atoms with Crippen LogP contribution in [0.5, 0.6) is 0 Å². The predicted octanol–water partition coefficient (Wildman–Crippen LogP) is 0.0282. The number of carbonyl (C=O) groups is 3. The second-order valence-corrected chi connectivity index (χ2v) is 4.99. The molecule has 0 aromatic rings. The van der Waals surface area contributed by atoms with E-state index in [0.717, 1.165) is 6.08 Å². The van der Waals surface area contributed by atoms with Crippen LogP contribution < -0.4 is 10.6 Å². The highest BCUT2D eigenvalue weighted by molar-refractivity contribution is 5.99. The Labute approximate surface area is 126 Å². The lowest BCUT2D eigenvalue weighted by Gasteiger charge is -2.19. The molecular formula is C15H15FN2O4. The number of carbonyl (C=O) groups excluding carboxylic acids is 3. The zero-order valence-corrected chi connectivity index (χ0v) is 12.1. The number of halogens is 1. The molecule has 2 aliphatic rings. The van der Waals surface area contributed by atoms with Crippen LogP contribution >= 0.6 is 0 Å². The number of allylic oxidation sites excluding steroid dienone is 3. The van der Waals surface area contributed by atoms with Gasteiger partial charge in [0.1, 0.15) is 11.7 Å². The second kappa shape index (κ2) is 6.43. The summed E-state index contributed by atoms with van der Waals surface area (Å²) in [6, 6.07) is 0. The summed E-state index contributed by atoms with van der Waals surface area (Å²) in [7, 11) is 1.17. The normalized spacial score (nSPS) is 26.7. The summed E-state index contributed by atoms with van der Waals surface area (Å²) in [4.78, 5) is 34.5. The van der Waals surface area contributed by atoms with Crippen LogP contribution in [0.25, 0.3) is 0 Å². The summed E-state index contributed by atoms with van der Waals surface area (Å²) in [6.07, 6.45) is 2.51. The van der Waals surface area contributed by atoms with E-state index in [2.05, 4.69) is 27.2 Å². The first-order chi connectivity index (χ1) is 10.4. The molecule has 1 aliphatic carbocycles. The van der Waals surface area contributed by atoms with Crippen LogP contribution in [0.1, 0.15) is 6.92 Å². The molecule has 0 saturated carbocycles. The van der Waals surface area contributed by atoms with Gasteiger partial charge in [0.15, 0.2) is 0 Å². The number of amides is 2. The van der Waals surface area contributed by atoms with E-state index in [4.69, 9.17) is 0 Å². The van der Waals surface area contributed by atoms with Gasteiger partial charge in [-0.05, 0) is 6.08 Å². The molecule has 0 aromatic carbocycles. The fraction of sp³-hybridized carbons (Fsp3) is 0.400. The van der Waals surface area contributed by atoms with E-state index in [-0.39, 0.29) is 18.1 Å². The summed E-state index contributed by atoms with van der Waals surface area (Å²) >= 11 is 0. The number of rotatable bonds is 3. The van der Waals surface area contributed by atoms with E-state index in [1.165, 1.54) is 20.1 Å². The fourth-order valence-electron chi connectivity index (χ4n) is 2.50. The van der Waals surface area contributed by atoms with Gasteiger partial charge in [-0.2, -0.15) is 0 Å². The summed E-state index contributed by atoms with van der Waals surface area (Å²) in [6.45, 7) is 1.43. The highest BCUT2D eigenvalue weighted by Gasteiger charge is 2.46. The topological polar surface area (TPSA) is 84.5 Å². The van der Waals surface area contributed by atoms with Gasteiger partial charge in [-0.1, -0.05) is 11.8 Å². The molecule has 0 spiro atoms. The lowest BCUT2D eigenvalue weighted by atomic mass is 9.83. The highest BCUT2D eigenvalue weighted by Crippen LogP contribution is 2.33. The van der Waals surface area contributed by atoms with Crippen molar-refractivity contribution in [2.75, 3.05) is 13.7 Å². The average Bonchev–Trinajstić information content (AvgIpc) is 2.73. The van der Waals surface area contributed by atoms with E-state index in [0.29, 0.717) is 0 Å². The molecule has 2 unspecified atom stereocenters. The van der Waals surface area contributed by atoms with Crippen LogP contribution in [-0.4, -0.2) is 31.4 Å². The Hall–Kier alpha value is -2.62. The molecule has 1 fully saturated rings. The number of methoxy groups -OCH3 is 1. The lowest BCUT2D eigenvalue weighted by Crippen LogP contribution is -2.32. The molecule has 1 saturated heterocycles. The first-order valence-electron chi connectivity index (χ1n) is 6.65. The minimum atomic E-state index is -1.09. The van der Waals surface area contributed by atoms with Gasteiger partial charge < -0.3 is 15.4 Å². The maximum atomic E-state index is 14.4. The maximum Gasteiger partial charge on any atom is 0.318 e. The van der Waals surface area contributed by atoms with E-state index in [9.17, 15) is 18.8 Å². The van der Waals surface area contributed by atoms with Crippen molar-refractivity contribution in [3.63, 3.8) is 0 Å². The van der Waals surface area contributed by atoms with Gasteiger partial charge in [0.2, 0.25) is 11.8 Å². The first-order valence-corrected chi connectivity index (χ1v) is 6.65. The van der Waals surface area contributed by atoms with Crippen LogP contribution in [0.2, 0.25) is 0 Å². The summed E-state index contributed by atoms with van der Waals surface area (Å²) in [5, 5.41) is 4.97. The minimum Gasteiger partial charge on any atom is -0.468 e. The number of ether oxygens (including phenoxy) is 1. The van der Waals surface area contributed by atoms with E-state index < -0.39 is 35.5 Å². The Morgan fingerprint density at radius 3 is 2.86 bits per heavy atom. The third-order valence-corrected chi connectivity index (χ3v) is 3.48. The van der Waals surface area contributed by atoms with Crippen molar-refractivity contribution in [1.29, 1.82) is 0 Å². The van der Waals surface area contributed by atoms with E-state index in [1.807, 2.05) is 0 Å². The molecule has 2 amide bonds.